The summed E-state index contributed by atoms with van der Waals surface area (Å²) in [7, 11) is 2.12. The number of carbonyl (C=O) groups is 1. The Morgan fingerprint density at radius 2 is 1.75 bits per heavy atom. The largest absolute Gasteiger partial charge is 0.478 e. The van der Waals surface area contributed by atoms with Crippen molar-refractivity contribution < 1.29 is 9.53 Å². The standard InChI is InChI=1S/C21H25BrClN3O2/c1-21(2,28-17-7-4-15(22)5-8-17)20(27)24-16-6-9-19(18(23)14-16)26-12-10-25(3)11-13-26/h4-9,14H,10-13H2,1-3H3,(H,24,27). The molecule has 0 aliphatic carbocycles. The van der Waals surface area contributed by atoms with Gasteiger partial charge in [-0.3, -0.25) is 4.79 Å². The lowest BCUT2D eigenvalue weighted by Crippen LogP contribution is -2.44. The fraction of sp³-hybridized carbons (Fsp3) is 0.381. The van der Waals surface area contributed by atoms with Crippen LogP contribution in [0, 0.1) is 0 Å². The number of nitrogens with one attached hydrogen (secondary N) is 1. The predicted molar refractivity (Wildman–Crippen MR) is 119 cm³/mol. The number of piperazine rings is 1. The lowest BCUT2D eigenvalue weighted by Gasteiger charge is -2.34. The molecule has 0 bridgehead atoms. The molecule has 28 heavy (non-hydrogen) atoms. The summed E-state index contributed by atoms with van der Waals surface area (Å²) in [5, 5.41) is 3.54. The molecule has 0 unspecified atom stereocenters. The summed E-state index contributed by atoms with van der Waals surface area (Å²) in [4.78, 5) is 17.3. The molecule has 7 heteroatoms. The Morgan fingerprint density at radius 1 is 1.11 bits per heavy atom. The zero-order chi connectivity index (χ0) is 20.3. The third-order valence-corrected chi connectivity index (χ3v) is 5.61. The van der Waals surface area contributed by atoms with Gasteiger partial charge in [-0.1, -0.05) is 27.5 Å². The highest BCUT2D eigenvalue weighted by molar-refractivity contribution is 9.10. The first-order valence-corrected chi connectivity index (χ1v) is 10.4. The van der Waals surface area contributed by atoms with E-state index in [9.17, 15) is 4.79 Å². The van der Waals surface area contributed by atoms with Crippen LogP contribution in [0.4, 0.5) is 11.4 Å². The molecule has 1 aliphatic rings. The maximum absolute atomic E-state index is 12.7. The maximum Gasteiger partial charge on any atom is 0.267 e. The molecular weight excluding hydrogens is 442 g/mol. The highest BCUT2D eigenvalue weighted by Gasteiger charge is 2.30. The summed E-state index contributed by atoms with van der Waals surface area (Å²) in [6.07, 6.45) is 0. The van der Waals surface area contributed by atoms with Crippen LogP contribution in [-0.2, 0) is 4.79 Å². The molecule has 2 aromatic rings. The van der Waals surface area contributed by atoms with E-state index in [0.717, 1.165) is 36.3 Å². The molecule has 0 saturated carbocycles. The first kappa shape index (κ1) is 21.0. The van der Waals surface area contributed by atoms with Crippen LogP contribution in [0.1, 0.15) is 13.8 Å². The van der Waals surface area contributed by atoms with Crippen LogP contribution in [0.15, 0.2) is 46.9 Å². The zero-order valence-corrected chi connectivity index (χ0v) is 18.7. The number of hydrogen-bond donors (Lipinski definition) is 1. The second kappa shape index (κ2) is 8.72. The molecule has 1 aliphatic heterocycles. The molecule has 2 aromatic carbocycles. The van der Waals surface area contributed by atoms with Crippen molar-refractivity contribution in [3.8, 4) is 5.75 Å². The summed E-state index contributed by atoms with van der Waals surface area (Å²) >= 11 is 9.89. The minimum atomic E-state index is -1.03. The van der Waals surface area contributed by atoms with Gasteiger partial charge in [0.05, 0.1) is 10.7 Å². The van der Waals surface area contributed by atoms with E-state index in [4.69, 9.17) is 16.3 Å². The van der Waals surface area contributed by atoms with Crippen molar-refractivity contribution in [1.29, 1.82) is 0 Å². The number of amides is 1. The lowest BCUT2D eigenvalue weighted by atomic mass is 10.1. The number of halogens is 2. The molecule has 0 aromatic heterocycles. The van der Waals surface area contributed by atoms with Crippen molar-refractivity contribution in [2.45, 2.75) is 19.4 Å². The van der Waals surface area contributed by atoms with Crippen molar-refractivity contribution in [2.75, 3.05) is 43.4 Å². The second-order valence-electron chi connectivity index (χ2n) is 7.48. The van der Waals surface area contributed by atoms with E-state index in [1.165, 1.54) is 0 Å². The van der Waals surface area contributed by atoms with Gasteiger partial charge in [0.15, 0.2) is 5.60 Å². The van der Waals surface area contributed by atoms with Crippen LogP contribution in [0.3, 0.4) is 0 Å². The fourth-order valence-electron chi connectivity index (χ4n) is 3.01. The Bertz CT molecular complexity index is 834. The van der Waals surface area contributed by atoms with E-state index < -0.39 is 5.60 Å². The molecular formula is C21H25BrClN3O2. The average Bonchev–Trinajstić information content (AvgIpc) is 2.64. The number of anilines is 2. The molecule has 5 nitrogen and oxygen atoms in total. The number of carbonyl (C=O) groups excluding carboxylic acids is 1. The number of likely N-dealkylation sites (N-methyl/N-ethyl adjacent to an activating group) is 1. The first-order valence-electron chi connectivity index (χ1n) is 9.24. The molecule has 0 atom stereocenters. The van der Waals surface area contributed by atoms with Crippen LogP contribution < -0.4 is 15.0 Å². The van der Waals surface area contributed by atoms with E-state index in [-0.39, 0.29) is 5.91 Å². The summed E-state index contributed by atoms with van der Waals surface area (Å²) < 4.78 is 6.83. The Kier molecular flexibility index (Phi) is 6.53. The first-order chi connectivity index (χ1) is 13.2. The topological polar surface area (TPSA) is 44.8 Å². The summed E-state index contributed by atoms with van der Waals surface area (Å²) in [6.45, 7) is 7.38. The lowest BCUT2D eigenvalue weighted by molar-refractivity contribution is -0.128. The summed E-state index contributed by atoms with van der Waals surface area (Å²) in [5.74, 6) is 0.394. The quantitative estimate of drug-likeness (QED) is 0.697. The maximum atomic E-state index is 12.7. The Hall–Kier alpha value is -1.76. The van der Waals surface area contributed by atoms with Crippen molar-refractivity contribution in [2.24, 2.45) is 0 Å². The zero-order valence-electron chi connectivity index (χ0n) is 16.3. The number of ether oxygens (including phenoxy) is 1. The molecule has 1 fully saturated rings. The van der Waals surface area contributed by atoms with E-state index >= 15 is 0 Å². The van der Waals surface area contributed by atoms with Gasteiger partial charge in [-0.15, -0.1) is 0 Å². The van der Waals surface area contributed by atoms with Gasteiger partial charge in [-0.2, -0.15) is 0 Å². The van der Waals surface area contributed by atoms with Crippen molar-refractivity contribution in [3.63, 3.8) is 0 Å². The van der Waals surface area contributed by atoms with E-state index in [1.807, 2.05) is 36.4 Å². The summed E-state index contributed by atoms with van der Waals surface area (Å²) in [5.41, 5.74) is 0.620. The van der Waals surface area contributed by atoms with Crippen molar-refractivity contribution >= 4 is 44.8 Å². The van der Waals surface area contributed by atoms with Gasteiger partial charge < -0.3 is 19.9 Å². The molecule has 0 radical (unpaired) electrons. The predicted octanol–water partition coefficient (Wildman–Crippen LogP) is 4.65. The number of nitrogens with zero attached hydrogens (tertiary/aromatic N) is 2. The molecule has 1 N–H and O–H groups in total. The van der Waals surface area contributed by atoms with Crippen LogP contribution >= 0.6 is 27.5 Å². The number of benzene rings is 2. The van der Waals surface area contributed by atoms with Gasteiger partial charge in [0.1, 0.15) is 5.75 Å². The third-order valence-electron chi connectivity index (χ3n) is 4.78. The van der Waals surface area contributed by atoms with Gasteiger partial charge in [0, 0.05) is 36.3 Å². The molecule has 1 saturated heterocycles. The number of rotatable bonds is 5. The van der Waals surface area contributed by atoms with Gasteiger partial charge in [0.2, 0.25) is 0 Å². The van der Waals surface area contributed by atoms with Gasteiger partial charge in [0.25, 0.3) is 5.91 Å². The van der Waals surface area contributed by atoms with Crippen LogP contribution in [0.25, 0.3) is 0 Å². The van der Waals surface area contributed by atoms with Crippen LogP contribution in [-0.4, -0.2) is 49.6 Å². The Labute approximate surface area is 179 Å². The van der Waals surface area contributed by atoms with E-state index in [2.05, 4.69) is 38.1 Å². The third kappa shape index (κ3) is 5.19. The minimum Gasteiger partial charge on any atom is -0.478 e. The van der Waals surface area contributed by atoms with Crippen molar-refractivity contribution in [1.82, 2.24) is 4.90 Å². The SMILES string of the molecule is CN1CCN(c2ccc(NC(=O)C(C)(C)Oc3ccc(Br)cc3)cc2Cl)CC1. The molecule has 1 heterocycles. The summed E-state index contributed by atoms with van der Waals surface area (Å²) in [6, 6.07) is 13.0. The Morgan fingerprint density at radius 3 is 2.36 bits per heavy atom. The second-order valence-corrected chi connectivity index (χ2v) is 8.80. The highest BCUT2D eigenvalue weighted by Crippen LogP contribution is 2.30. The van der Waals surface area contributed by atoms with Crippen LogP contribution in [0.2, 0.25) is 5.02 Å². The van der Waals surface area contributed by atoms with Crippen LogP contribution in [0.5, 0.6) is 5.75 Å². The van der Waals surface area contributed by atoms with E-state index in [0.29, 0.717) is 16.5 Å². The molecule has 1 amide bonds. The van der Waals surface area contributed by atoms with Crippen molar-refractivity contribution in [3.05, 3.63) is 52.0 Å². The smallest absolute Gasteiger partial charge is 0.267 e. The molecule has 3 rings (SSSR count). The van der Waals surface area contributed by atoms with Gasteiger partial charge >= 0.3 is 0 Å². The molecule has 150 valence electrons. The highest BCUT2D eigenvalue weighted by atomic mass is 79.9. The number of hydrogen-bond acceptors (Lipinski definition) is 4. The van der Waals surface area contributed by atoms with E-state index in [1.54, 1.807) is 19.9 Å². The van der Waals surface area contributed by atoms with Gasteiger partial charge in [-0.05, 0) is 63.4 Å². The monoisotopic (exact) mass is 465 g/mol. The fourth-order valence-corrected chi connectivity index (χ4v) is 3.58. The normalized spacial score (nSPS) is 15.4. The minimum absolute atomic E-state index is 0.237. The molecule has 0 spiro atoms. The Balaban J connectivity index is 1.66. The average molecular weight is 467 g/mol. The van der Waals surface area contributed by atoms with Gasteiger partial charge in [-0.25, -0.2) is 0 Å².